The van der Waals surface area contributed by atoms with E-state index in [4.69, 9.17) is 9.47 Å². The highest BCUT2D eigenvalue weighted by atomic mass is 19.4. The van der Waals surface area contributed by atoms with Crippen molar-refractivity contribution in [3.05, 3.63) is 47.5 Å². The number of rotatable bonds is 5. The number of nitrogens with one attached hydrogen (secondary N) is 1. The molecule has 2 amide bonds. The van der Waals surface area contributed by atoms with Gasteiger partial charge in [0.25, 0.3) is 0 Å². The van der Waals surface area contributed by atoms with Crippen LogP contribution in [0, 0.1) is 0 Å². The van der Waals surface area contributed by atoms with E-state index in [9.17, 15) is 22.8 Å². The van der Waals surface area contributed by atoms with Gasteiger partial charge in [0.05, 0.1) is 31.2 Å². The van der Waals surface area contributed by atoms with E-state index in [1.54, 1.807) is 18.2 Å². The third-order valence-corrected chi connectivity index (χ3v) is 4.59. The maximum Gasteiger partial charge on any atom is 0.416 e. The van der Waals surface area contributed by atoms with Crippen LogP contribution in [-0.2, 0) is 22.2 Å². The van der Waals surface area contributed by atoms with Crippen LogP contribution in [0.2, 0.25) is 0 Å². The van der Waals surface area contributed by atoms with Crippen LogP contribution in [0.1, 0.15) is 17.5 Å². The fourth-order valence-corrected chi connectivity index (χ4v) is 3.14. The van der Waals surface area contributed by atoms with Crippen molar-refractivity contribution in [1.82, 2.24) is 0 Å². The Kier molecular flexibility index (Phi) is 5.67. The monoisotopic (exact) mass is 408 g/mol. The van der Waals surface area contributed by atoms with Gasteiger partial charge >= 0.3 is 6.18 Å². The molecular formula is C20H19F3N2O4. The van der Waals surface area contributed by atoms with E-state index in [0.29, 0.717) is 17.9 Å². The topological polar surface area (TPSA) is 67.9 Å². The number of carbonyl (C=O) groups excluding carboxylic acids is 2. The summed E-state index contributed by atoms with van der Waals surface area (Å²) < 4.78 is 49.3. The first kappa shape index (κ1) is 20.5. The van der Waals surface area contributed by atoms with E-state index in [1.807, 2.05) is 0 Å². The van der Waals surface area contributed by atoms with Crippen LogP contribution >= 0.6 is 0 Å². The van der Waals surface area contributed by atoms with Crippen LogP contribution in [0.4, 0.5) is 24.5 Å². The molecule has 0 fully saturated rings. The number of aryl methyl sites for hydroxylation is 1. The van der Waals surface area contributed by atoms with E-state index in [-0.39, 0.29) is 30.2 Å². The van der Waals surface area contributed by atoms with E-state index in [0.717, 1.165) is 17.7 Å². The number of anilines is 2. The van der Waals surface area contributed by atoms with Crippen LogP contribution < -0.4 is 19.7 Å². The third-order valence-electron chi connectivity index (χ3n) is 4.59. The van der Waals surface area contributed by atoms with Crippen molar-refractivity contribution in [3.8, 4) is 11.5 Å². The second-order valence-electron chi connectivity index (χ2n) is 6.44. The quantitative estimate of drug-likeness (QED) is 0.820. The Balaban J connectivity index is 1.81. The maximum atomic E-state index is 12.9. The fraction of sp³-hybridized carbons (Fsp3) is 0.300. The molecule has 0 saturated carbocycles. The standard InChI is InChI=1S/C20H19F3N2O4/c1-28-14-5-7-17(29-2)12(9-14)3-8-19(27)25-11-18(26)24-15-10-13(20(21,22)23)4-6-16(15)25/h4-7,9-10H,3,8,11H2,1-2H3,(H,24,26). The molecule has 0 aromatic heterocycles. The van der Waals surface area contributed by atoms with Crippen LogP contribution in [0.25, 0.3) is 0 Å². The van der Waals surface area contributed by atoms with Crippen molar-refractivity contribution >= 4 is 23.2 Å². The van der Waals surface area contributed by atoms with Gasteiger partial charge in [0.15, 0.2) is 0 Å². The van der Waals surface area contributed by atoms with Crippen molar-refractivity contribution in [1.29, 1.82) is 0 Å². The molecule has 1 N–H and O–H groups in total. The number of fused-ring (bicyclic) bond motifs is 1. The van der Waals surface area contributed by atoms with E-state index in [2.05, 4.69) is 5.32 Å². The lowest BCUT2D eigenvalue weighted by atomic mass is 10.1. The smallest absolute Gasteiger partial charge is 0.416 e. The number of ether oxygens (including phenoxy) is 2. The lowest BCUT2D eigenvalue weighted by Crippen LogP contribution is -2.42. The van der Waals surface area contributed by atoms with Crippen LogP contribution in [-0.4, -0.2) is 32.6 Å². The summed E-state index contributed by atoms with van der Waals surface area (Å²) in [5.74, 6) is 0.260. The van der Waals surface area contributed by atoms with Crippen molar-refractivity contribution in [2.75, 3.05) is 31.0 Å². The molecular weight excluding hydrogens is 389 g/mol. The molecule has 6 nitrogen and oxygen atoms in total. The van der Waals surface area contributed by atoms with Gasteiger partial charge in [-0.25, -0.2) is 0 Å². The molecule has 1 aliphatic rings. The van der Waals surface area contributed by atoms with Crippen molar-refractivity contribution < 1.29 is 32.2 Å². The molecule has 3 rings (SSSR count). The summed E-state index contributed by atoms with van der Waals surface area (Å²) in [6.07, 6.45) is -4.19. The molecule has 1 aliphatic heterocycles. The summed E-state index contributed by atoms with van der Waals surface area (Å²) >= 11 is 0. The summed E-state index contributed by atoms with van der Waals surface area (Å²) in [7, 11) is 3.03. The zero-order valence-electron chi connectivity index (χ0n) is 15.8. The fourth-order valence-electron chi connectivity index (χ4n) is 3.14. The van der Waals surface area contributed by atoms with Crippen LogP contribution in [0.15, 0.2) is 36.4 Å². The molecule has 0 aliphatic carbocycles. The molecule has 0 radical (unpaired) electrons. The summed E-state index contributed by atoms with van der Waals surface area (Å²) in [5.41, 5.74) is 0.0462. The summed E-state index contributed by atoms with van der Waals surface area (Å²) in [6.45, 7) is -0.257. The Bertz CT molecular complexity index is 944. The molecule has 2 aromatic carbocycles. The number of benzene rings is 2. The molecule has 9 heteroatoms. The first-order chi connectivity index (χ1) is 13.7. The van der Waals surface area contributed by atoms with Gasteiger partial charge < -0.3 is 19.7 Å². The Morgan fingerprint density at radius 3 is 2.55 bits per heavy atom. The predicted octanol–water partition coefficient (Wildman–Crippen LogP) is 3.64. The molecule has 0 saturated heterocycles. The van der Waals surface area contributed by atoms with Crippen molar-refractivity contribution in [2.45, 2.75) is 19.0 Å². The van der Waals surface area contributed by atoms with Gasteiger partial charge in [-0.2, -0.15) is 13.2 Å². The zero-order chi connectivity index (χ0) is 21.2. The van der Waals surface area contributed by atoms with E-state index >= 15 is 0 Å². The molecule has 1 heterocycles. The van der Waals surface area contributed by atoms with Gasteiger partial charge in [-0.1, -0.05) is 0 Å². The molecule has 2 aromatic rings. The minimum Gasteiger partial charge on any atom is -0.497 e. The lowest BCUT2D eigenvalue weighted by Gasteiger charge is -2.30. The number of hydrogen-bond donors (Lipinski definition) is 1. The van der Waals surface area contributed by atoms with Gasteiger partial charge in [-0.3, -0.25) is 9.59 Å². The third kappa shape index (κ3) is 4.44. The van der Waals surface area contributed by atoms with Crippen molar-refractivity contribution in [2.24, 2.45) is 0 Å². The molecule has 0 spiro atoms. The number of methoxy groups -OCH3 is 2. The number of hydrogen-bond acceptors (Lipinski definition) is 4. The lowest BCUT2D eigenvalue weighted by molar-refractivity contribution is -0.137. The van der Waals surface area contributed by atoms with Gasteiger partial charge in [0.2, 0.25) is 11.8 Å². The van der Waals surface area contributed by atoms with E-state index in [1.165, 1.54) is 25.2 Å². The molecule has 0 bridgehead atoms. The summed E-state index contributed by atoms with van der Waals surface area (Å²) in [6, 6.07) is 8.12. The van der Waals surface area contributed by atoms with E-state index < -0.39 is 17.6 Å². The Morgan fingerprint density at radius 2 is 1.90 bits per heavy atom. The molecule has 29 heavy (non-hydrogen) atoms. The first-order valence-corrected chi connectivity index (χ1v) is 8.75. The minimum absolute atomic E-state index is 0.0385. The number of nitrogens with zero attached hydrogens (tertiary/aromatic N) is 1. The zero-order valence-corrected chi connectivity index (χ0v) is 15.8. The second-order valence-corrected chi connectivity index (χ2v) is 6.44. The van der Waals surface area contributed by atoms with Gasteiger partial charge in [-0.05, 0) is 48.4 Å². The van der Waals surface area contributed by atoms with Gasteiger partial charge in [0.1, 0.15) is 18.0 Å². The number of amides is 2. The second kappa shape index (κ2) is 8.02. The molecule has 0 unspecified atom stereocenters. The van der Waals surface area contributed by atoms with Crippen LogP contribution in [0.3, 0.4) is 0 Å². The average Bonchev–Trinajstić information content (AvgIpc) is 2.69. The van der Waals surface area contributed by atoms with Gasteiger partial charge in [0, 0.05) is 6.42 Å². The maximum absolute atomic E-state index is 12.9. The normalized spacial score (nSPS) is 13.6. The average molecular weight is 408 g/mol. The molecule has 0 atom stereocenters. The summed E-state index contributed by atoms with van der Waals surface area (Å²) in [4.78, 5) is 25.9. The Hall–Kier alpha value is -3.23. The Morgan fingerprint density at radius 1 is 1.14 bits per heavy atom. The van der Waals surface area contributed by atoms with Gasteiger partial charge in [-0.15, -0.1) is 0 Å². The predicted molar refractivity (Wildman–Crippen MR) is 100 cm³/mol. The van der Waals surface area contributed by atoms with Crippen LogP contribution in [0.5, 0.6) is 11.5 Å². The first-order valence-electron chi connectivity index (χ1n) is 8.75. The highest BCUT2D eigenvalue weighted by Crippen LogP contribution is 2.37. The highest BCUT2D eigenvalue weighted by Gasteiger charge is 2.34. The molecule has 154 valence electrons. The summed E-state index contributed by atoms with van der Waals surface area (Å²) in [5, 5.41) is 2.39. The highest BCUT2D eigenvalue weighted by molar-refractivity contribution is 6.10. The number of carbonyl (C=O) groups is 2. The minimum atomic E-state index is -4.55. The Labute approximate surface area is 165 Å². The largest absolute Gasteiger partial charge is 0.497 e. The SMILES string of the molecule is COc1ccc(OC)c(CCC(=O)N2CC(=O)Nc3cc(C(F)(F)F)ccc32)c1. The number of halogens is 3. The number of alkyl halides is 3. The van der Waals surface area contributed by atoms with Crippen molar-refractivity contribution in [3.63, 3.8) is 0 Å².